The van der Waals surface area contributed by atoms with Gasteiger partial charge in [0.2, 0.25) is 0 Å². The fraction of sp³-hybridized carbons (Fsp3) is 0.200. The minimum absolute atomic E-state index is 0.110. The molecular weight excluding hydrogens is 388 g/mol. The molecule has 2 aromatic carbocycles. The zero-order valence-corrected chi connectivity index (χ0v) is 15.9. The minimum Gasteiger partial charge on any atom is -0.378 e. The summed E-state index contributed by atoms with van der Waals surface area (Å²) in [6.45, 7) is 1.60. The number of carbonyl (C=O) groups is 1. The van der Waals surface area contributed by atoms with Gasteiger partial charge in [0.15, 0.2) is 0 Å². The molecule has 0 atom stereocenters. The van der Waals surface area contributed by atoms with Gasteiger partial charge in [0.25, 0.3) is 5.91 Å². The summed E-state index contributed by atoms with van der Waals surface area (Å²) in [5.74, 6) is -1.14. The predicted octanol–water partition coefficient (Wildman–Crippen LogP) is 4.66. The molecule has 1 heterocycles. The Morgan fingerprint density at radius 2 is 1.76 bits per heavy atom. The molecule has 0 aliphatic heterocycles. The number of nitrogens with zero attached hydrogens (tertiary/aromatic N) is 3. The van der Waals surface area contributed by atoms with Crippen LogP contribution in [0, 0.1) is 12.7 Å². The largest absolute Gasteiger partial charge is 0.418 e. The highest BCUT2D eigenvalue weighted by molar-refractivity contribution is 6.05. The third-order valence-electron chi connectivity index (χ3n) is 4.40. The van der Waals surface area contributed by atoms with Crippen LogP contribution in [0.5, 0.6) is 0 Å². The summed E-state index contributed by atoms with van der Waals surface area (Å²) in [6.07, 6.45) is -3.38. The Balaban J connectivity index is 1.92. The van der Waals surface area contributed by atoms with Gasteiger partial charge in [-0.25, -0.2) is 9.07 Å². The highest BCUT2D eigenvalue weighted by atomic mass is 19.4. The van der Waals surface area contributed by atoms with Crippen molar-refractivity contribution in [3.8, 4) is 5.69 Å². The van der Waals surface area contributed by atoms with Crippen LogP contribution in [0.4, 0.5) is 28.9 Å². The van der Waals surface area contributed by atoms with Gasteiger partial charge in [-0.05, 0) is 49.4 Å². The first-order valence-electron chi connectivity index (χ1n) is 8.58. The zero-order valence-electron chi connectivity index (χ0n) is 15.9. The summed E-state index contributed by atoms with van der Waals surface area (Å²) in [5.41, 5.74) is 0.110. The number of anilines is 2. The lowest BCUT2D eigenvalue weighted by atomic mass is 10.1. The number of carbonyl (C=O) groups excluding carboxylic acids is 1. The number of halogens is 4. The molecule has 1 aromatic heterocycles. The van der Waals surface area contributed by atoms with E-state index >= 15 is 0 Å². The van der Waals surface area contributed by atoms with Crippen LogP contribution in [-0.4, -0.2) is 29.8 Å². The number of benzene rings is 2. The first-order chi connectivity index (χ1) is 13.6. The Bertz CT molecular complexity index is 1040. The van der Waals surface area contributed by atoms with E-state index in [-0.39, 0.29) is 11.3 Å². The molecule has 3 aromatic rings. The molecule has 1 amide bonds. The maximum atomic E-state index is 13.5. The summed E-state index contributed by atoms with van der Waals surface area (Å²) in [5, 5.41) is 6.41. The van der Waals surface area contributed by atoms with Crippen molar-refractivity contribution in [1.82, 2.24) is 9.78 Å². The van der Waals surface area contributed by atoms with E-state index in [4.69, 9.17) is 0 Å². The van der Waals surface area contributed by atoms with Crippen molar-refractivity contribution >= 4 is 17.3 Å². The SMILES string of the molecule is Cc1c(C(=O)Nc2ccc(N(C)C)cc2C(F)(F)F)cnn1-c1ccc(F)cc1. The summed E-state index contributed by atoms with van der Waals surface area (Å²) >= 11 is 0. The van der Waals surface area contributed by atoms with Crippen LogP contribution in [0.25, 0.3) is 5.69 Å². The van der Waals surface area contributed by atoms with Gasteiger partial charge in [0, 0.05) is 19.8 Å². The van der Waals surface area contributed by atoms with Crippen LogP contribution >= 0.6 is 0 Å². The number of hydrogen-bond donors (Lipinski definition) is 1. The molecule has 0 saturated heterocycles. The van der Waals surface area contributed by atoms with E-state index in [0.29, 0.717) is 17.1 Å². The Hall–Kier alpha value is -3.36. The quantitative estimate of drug-likeness (QED) is 0.642. The summed E-state index contributed by atoms with van der Waals surface area (Å²) in [7, 11) is 3.25. The van der Waals surface area contributed by atoms with Crippen LogP contribution in [0.1, 0.15) is 21.6 Å². The lowest BCUT2D eigenvalue weighted by molar-refractivity contribution is -0.136. The number of hydrogen-bond acceptors (Lipinski definition) is 3. The van der Waals surface area contributed by atoms with Gasteiger partial charge < -0.3 is 10.2 Å². The highest BCUT2D eigenvalue weighted by Gasteiger charge is 2.34. The van der Waals surface area contributed by atoms with Gasteiger partial charge >= 0.3 is 6.18 Å². The zero-order chi connectivity index (χ0) is 21.3. The lowest BCUT2D eigenvalue weighted by Gasteiger charge is -2.18. The molecule has 1 N–H and O–H groups in total. The summed E-state index contributed by atoms with van der Waals surface area (Å²) in [6, 6.07) is 9.15. The van der Waals surface area contributed by atoms with Crippen LogP contribution in [-0.2, 0) is 6.18 Å². The number of aromatic nitrogens is 2. The van der Waals surface area contributed by atoms with E-state index in [9.17, 15) is 22.4 Å². The minimum atomic E-state index is -4.64. The van der Waals surface area contributed by atoms with Gasteiger partial charge in [-0.3, -0.25) is 4.79 Å². The highest BCUT2D eigenvalue weighted by Crippen LogP contribution is 2.37. The van der Waals surface area contributed by atoms with Crippen molar-refractivity contribution in [2.75, 3.05) is 24.3 Å². The molecule has 0 bridgehead atoms. The summed E-state index contributed by atoms with van der Waals surface area (Å²) in [4.78, 5) is 14.2. The van der Waals surface area contributed by atoms with Crippen molar-refractivity contribution in [3.63, 3.8) is 0 Å². The summed E-state index contributed by atoms with van der Waals surface area (Å²) < 4.78 is 54.9. The maximum absolute atomic E-state index is 13.5. The number of nitrogens with one attached hydrogen (secondary N) is 1. The van der Waals surface area contributed by atoms with E-state index in [0.717, 1.165) is 6.07 Å². The monoisotopic (exact) mass is 406 g/mol. The molecule has 0 aliphatic rings. The van der Waals surface area contributed by atoms with Crippen LogP contribution < -0.4 is 10.2 Å². The van der Waals surface area contributed by atoms with Crippen LogP contribution in [0.15, 0.2) is 48.7 Å². The molecule has 0 spiro atoms. The molecule has 0 fully saturated rings. The van der Waals surface area contributed by atoms with E-state index < -0.39 is 23.5 Å². The second-order valence-corrected chi connectivity index (χ2v) is 6.61. The topological polar surface area (TPSA) is 50.2 Å². The average Bonchev–Trinajstić information content (AvgIpc) is 3.03. The van der Waals surface area contributed by atoms with E-state index in [2.05, 4.69) is 10.4 Å². The van der Waals surface area contributed by atoms with Gasteiger partial charge in [-0.1, -0.05) is 0 Å². The predicted molar refractivity (Wildman–Crippen MR) is 102 cm³/mol. The Morgan fingerprint density at radius 1 is 1.10 bits per heavy atom. The molecule has 0 unspecified atom stereocenters. The maximum Gasteiger partial charge on any atom is 0.418 e. The third kappa shape index (κ3) is 4.23. The van der Waals surface area contributed by atoms with E-state index in [1.807, 2.05) is 0 Å². The van der Waals surface area contributed by atoms with E-state index in [1.54, 1.807) is 21.0 Å². The number of rotatable bonds is 4. The molecule has 5 nitrogen and oxygen atoms in total. The number of amides is 1. The molecule has 152 valence electrons. The first kappa shape index (κ1) is 20.4. The fourth-order valence-corrected chi connectivity index (χ4v) is 2.82. The standard InChI is InChI=1S/C20H18F4N4O/c1-12-16(11-25-28(12)14-6-4-13(21)5-7-14)19(29)26-18-9-8-15(27(2)3)10-17(18)20(22,23)24/h4-11H,1-3H3,(H,26,29). The number of alkyl halides is 3. The molecular formula is C20H18F4N4O. The van der Waals surface area contributed by atoms with Crippen molar-refractivity contribution in [2.24, 2.45) is 0 Å². The molecule has 29 heavy (non-hydrogen) atoms. The smallest absolute Gasteiger partial charge is 0.378 e. The van der Waals surface area contributed by atoms with Crippen LogP contribution in [0.2, 0.25) is 0 Å². The molecule has 3 rings (SSSR count). The molecule has 0 aliphatic carbocycles. The van der Waals surface area contributed by atoms with Gasteiger partial charge in [0.05, 0.1) is 34.4 Å². The molecule has 0 radical (unpaired) electrons. The Labute approximate surface area is 164 Å². The molecule has 0 saturated carbocycles. The van der Waals surface area contributed by atoms with Gasteiger partial charge in [-0.15, -0.1) is 0 Å². The average molecular weight is 406 g/mol. The van der Waals surface area contributed by atoms with Crippen molar-refractivity contribution in [3.05, 3.63) is 71.3 Å². The van der Waals surface area contributed by atoms with Crippen LogP contribution in [0.3, 0.4) is 0 Å². The molecule has 9 heteroatoms. The van der Waals surface area contributed by atoms with Crippen molar-refractivity contribution in [1.29, 1.82) is 0 Å². The van der Waals surface area contributed by atoms with Crippen molar-refractivity contribution < 1.29 is 22.4 Å². The van der Waals surface area contributed by atoms with Gasteiger partial charge in [-0.2, -0.15) is 18.3 Å². The third-order valence-corrected chi connectivity index (χ3v) is 4.40. The normalized spacial score (nSPS) is 11.4. The second-order valence-electron chi connectivity index (χ2n) is 6.61. The van der Waals surface area contributed by atoms with Crippen molar-refractivity contribution in [2.45, 2.75) is 13.1 Å². The van der Waals surface area contributed by atoms with Gasteiger partial charge in [0.1, 0.15) is 5.82 Å². The Morgan fingerprint density at radius 3 is 2.34 bits per heavy atom. The first-order valence-corrected chi connectivity index (χ1v) is 8.58. The van der Waals surface area contributed by atoms with E-state index in [1.165, 1.54) is 52.2 Å². The lowest BCUT2D eigenvalue weighted by Crippen LogP contribution is -2.18. The fourth-order valence-electron chi connectivity index (χ4n) is 2.82. The second kappa shape index (κ2) is 7.57. The Kier molecular flexibility index (Phi) is 5.32.